The Bertz CT molecular complexity index is 692. The molecule has 2 heterocycles. The zero-order valence-electron chi connectivity index (χ0n) is 11.1. The molecule has 6 nitrogen and oxygen atoms in total. The number of aromatic amines is 1. The Balaban J connectivity index is 1.65. The van der Waals surface area contributed by atoms with Gasteiger partial charge in [0.1, 0.15) is 5.69 Å². The summed E-state index contributed by atoms with van der Waals surface area (Å²) < 4.78 is 5.13. The molecule has 7 heteroatoms. The van der Waals surface area contributed by atoms with E-state index in [0.29, 0.717) is 30.4 Å². The molecule has 1 saturated heterocycles. The highest BCUT2D eigenvalue weighted by Crippen LogP contribution is 2.20. The third-order valence-corrected chi connectivity index (χ3v) is 3.66. The number of carbonyl (C=O) groups is 2. The molecule has 110 valence electrons. The summed E-state index contributed by atoms with van der Waals surface area (Å²) in [5, 5.41) is 1.44. The predicted octanol–water partition coefficient (Wildman–Crippen LogP) is 1.62. The van der Waals surface area contributed by atoms with E-state index >= 15 is 0 Å². The van der Waals surface area contributed by atoms with Gasteiger partial charge in [-0.05, 0) is 30.7 Å². The van der Waals surface area contributed by atoms with E-state index in [4.69, 9.17) is 16.3 Å². The van der Waals surface area contributed by atoms with E-state index in [1.165, 1.54) is 0 Å². The molecule has 1 aromatic heterocycles. The van der Waals surface area contributed by atoms with Gasteiger partial charge in [0.05, 0.1) is 12.5 Å². The average molecular weight is 308 g/mol. The quantitative estimate of drug-likeness (QED) is 0.737. The van der Waals surface area contributed by atoms with Gasteiger partial charge in [-0.25, -0.2) is 0 Å². The van der Waals surface area contributed by atoms with Crippen molar-refractivity contribution < 1.29 is 14.3 Å². The zero-order valence-corrected chi connectivity index (χ0v) is 11.9. The molecule has 1 aliphatic rings. The lowest BCUT2D eigenvalue weighted by atomic mass is 10.1. The second-order valence-corrected chi connectivity index (χ2v) is 5.35. The number of rotatable bonds is 2. The summed E-state index contributed by atoms with van der Waals surface area (Å²) in [6.45, 7) is 0.974. The van der Waals surface area contributed by atoms with Crippen LogP contribution in [0.2, 0.25) is 5.02 Å². The Morgan fingerprint density at radius 1 is 1.29 bits per heavy atom. The highest BCUT2D eigenvalue weighted by molar-refractivity contribution is 6.31. The first-order valence-corrected chi connectivity index (χ1v) is 6.97. The van der Waals surface area contributed by atoms with E-state index in [0.717, 1.165) is 10.9 Å². The van der Waals surface area contributed by atoms with Crippen LogP contribution in [0, 0.1) is 5.92 Å². The Kier molecular flexibility index (Phi) is 3.81. The Labute approximate surface area is 125 Å². The fraction of sp³-hybridized carbons (Fsp3) is 0.286. The van der Waals surface area contributed by atoms with Gasteiger partial charge < -0.3 is 9.72 Å². The number of nitrogens with one attached hydrogen (secondary N) is 3. The van der Waals surface area contributed by atoms with Crippen molar-refractivity contribution in [3.8, 4) is 0 Å². The van der Waals surface area contributed by atoms with Crippen LogP contribution < -0.4 is 10.9 Å². The van der Waals surface area contributed by atoms with Crippen LogP contribution in [0.15, 0.2) is 24.3 Å². The van der Waals surface area contributed by atoms with E-state index < -0.39 is 5.91 Å². The minimum atomic E-state index is -0.408. The first-order valence-electron chi connectivity index (χ1n) is 6.60. The van der Waals surface area contributed by atoms with Crippen LogP contribution in [0.3, 0.4) is 0 Å². The molecule has 1 fully saturated rings. The molecule has 21 heavy (non-hydrogen) atoms. The van der Waals surface area contributed by atoms with Crippen LogP contribution in [0.1, 0.15) is 16.9 Å². The van der Waals surface area contributed by atoms with Gasteiger partial charge in [0, 0.05) is 22.5 Å². The first-order chi connectivity index (χ1) is 10.1. The monoisotopic (exact) mass is 307 g/mol. The molecule has 0 radical (unpaired) electrons. The van der Waals surface area contributed by atoms with Crippen molar-refractivity contribution in [2.75, 3.05) is 13.2 Å². The minimum absolute atomic E-state index is 0.202. The summed E-state index contributed by atoms with van der Waals surface area (Å²) in [5.41, 5.74) is 5.97. The van der Waals surface area contributed by atoms with E-state index in [1.807, 2.05) is 0 Å². The van der Waals surface area contributed by atoms with Gasteiger partial charge in [0.25, 0.3) is 5.91 Å². The lowest BCUT2D eigenvalue weighted by Crippen LogP contribution is -2.44. The molecular weight excluding hydrogens is 294 g/mol. The standard InChI is InChI=1S/C14H14ClN3O3/c15-10-1-2-11-9(5-10)6-12(16-11)14(20)18-17-13(19)8-3-4-21-7-8/h1-2,5-6,8,16H,3-4,7H2,(H,17,19)(H,18,20). The van der Waals surface area contributed by atoms with Gasteiger partial charge in [-0.2, -0.15) is 0 Å². The maximum Gasteiger partial charge on any atom is 0.286 e. The van der Waals surface area contributed by atoms with Crippen LogP contribution in [0.4, 0.5) is 0 Å². The van der Waals surface area contributed by atoms with Crippen molar-refractivity contribution in [1.29, 1.82) is 0 Å². The van der Waals surface area contributed by atoms with Gasteiger partial charge in [-0.1, -0.05) is 11.6 Å². The number of carbonyl (C=O) groups excluding carboxylic acids is 2. The average Bonchev–Trinajstić information content (AvgIpc) is 3.12. The number of ether oxygens (including phenoxy) is 1. The number of fused-ring (bicyclic) bond motifs is 1. The molecule has 1 aromatic carbocycles. The molecule has 2 amide bonds. The highest BCUT2D eigenvalue weighted by atomic mass is 35.5. The number of hydrazine groups is 1. The second kappa shape index (κ2) is 5.75. The molecule has 1 atom stereocenters. The number of aromatic nitrogens is 1. The molecule has 2 aromatic rings. The van der Waals surface area contributed by atoms with Crippen molar-refractivity contribution in [2.45, 2.75) is 6.42 Å². The molecule has 0 saturated carbocycles. The normalized spacial score (nSPS) is 17.9. The maximum atomic E-state index is 12.0. The molecule has 0 bridgehead atoms. The third kappa shape index (κ3) is 3.01. The van der Waals surface area contributed by atoms with Crippen molar-refractivity contribution in [1.82, 2.24) is 15.8 Å². The van der Waals surface area contributed by atoms with Crippen molar-refractivity contribution >= 4 is 34.3 Å². The van der Waals surface area contributed by atoms with Crippen molar-refractivity contribution in [3.05, 3.63) is 35.0 Å². The Hall–Kier alpha value is -2.05. The van der Waals surface area contributed by atoms with E-state index in [2.05, 4.69) is 15.8 Å². The van der Waals surface area contributed by atoms with Crippen LogP contribution in [0.25, 0.3) is 10.9 Å². The summed E-state index contributed by atoms with van der Waals surface area (Å²) in [6, 6.07) is 6.98. The molecule has 0 aliphatic carbocycles. The lowest BCUT2D eigenvalue weighted by Gasteiger charge is -2.09. The number of benzene rings is 1. The van der Waals surface area contributed by atoms with Gasteiger partial charge in [-0.3, -0.25) is 20.4 Å². The van der Waals surface area contributed by atoms with E-state index in [9.17, 15) is 9.59 Å². The third-order valence-electron chi connectivity index (χ3n) is 3.43. The van der Waals surface area contributed by atoms with Crippen LogP contribution >= 0.6 is 11.6 Å². The van der Waals surface area contributed by atoms with Crippen LogP contribution in [0.5, 0.6) is 0 Å². The maximum absolute atomic E-state index is 12.0. The largest absolute Gasteiger partial charge is 0.381 e. The Morgan fingerprint density at radius 3 is 2.90 bits per heavy atom. The van der Waals surface area contributed by atoms with Crippen molar-refractivity contribution in [3.63, 3.8) is 0 Å². The molecule has 0 spiro atoms. The minimum Gasteiger partial charge on any atom is -0.381 e. The topological polar surface area (TPSA) is 83.2 Å². The number of hydrogen-bond acceptors (Lipinski definition) is 3. The first kappa shape index (κ1) is 13.9. The number of hydrogen-bond donors (Lipinski definition) is 3. The summed E-state index contributed by atoms with van der Waals surface area (Å²) in [5.74, 6) is -0.846. The fourth-order valence-corrected chi connectivity index (χ4v) is 2.44. The van der Waals surface area contributed by atoms with Crippen LogP contribution in [-0.2, 0) is 9.53 Å². The number of amides is 2. The van der Waals surface area contributed by atoms with E-state index in [-0.39, 0.29) is 11.8 Å². The predicted molar refractivity (Wildman–Crippen MR) is 77.8 cm³/mol. The summed E-state index contributed by atoms with van der Waals surface area (Å²) in [4.78, 5) is 26.7. The van der Waals surface area contributed by atoms with Gasteiger partial charge >= 0.3 is 0 Å². The van der Waals surface area contributed by atoms with Crippen molar-refractivity contribution in [2.24, 2.45) is 5.92 Å². The smallest absolute Gasteiger partial charge is 0.286 e. The van der Waals surface area contributed by atoms with Gasteiger partial charge in [0.15, 0.2) is 0 Å². The summed E-state index contributed by atoms with van der Waals surface area (Å²) in [7, 11) is 0. The summed E-state index contributed by atoms with van der Waals surface area (Å²) >= 11 is 5.90. The van der Waals surface area contributed by atoms with E-state index in [1.54, 1.807) is 24.3 Å². The molecule has 3 N–H and O–H groups in total. The van der Waals surface area contributed by atoms with Gasteiger partial charge in [0.2, 0.25) is 5.91 Å². The fourth-order valence-electron chi connectivity index (χ4n) is 2.25. The molecular formula is C14H14ClN3O3. The van der Waals surface area contributed by atoms with Crippen LogP contribution in [-0.4, -0.2) is 30.0 Å². The summed E-state index contributed by atoms with van der Waals surface area (Å²) in [6.07, 6.45) is 0.673. The Morgan fingerprint density at radius 2 is 2.14 bits per heavy atom. The number of H-pyrrole nitrogens is 1. The molecule has 1 aliphatic heterocycles. The lowest BCUT2D eigenvalue weighted by molar-refractivity contribution is -0.125. The zero-order chi connectivity index (χ0) is 14.8. The second-order valence-electron chi connectivity index (χ2n) is 4.92. The molecule has 3 rings (SSSR count). The highest BCUT2D eigenvalue weighted by Gasteiger charge is 2.23. The van der Waals surface area contributed by atoms with Gasteiger partial charge in [-0.15, -0.1) is 0 Å². The SMILES string of the molecule is O=C(NNC(=O)C1CCOC1)c1cc2cc(Cl)ccc2[nH]1. The molecule has 1 unspecified atom stereocenters. The number of halogens is 1.